The molecule has 34 heavy (non-hydrogen) atoms. The van der Waals surface area contributed by atoms with Crippen molar-refractivity contribution in [1.29, 1.82) is 0 Å². The maximum Gasteiger partial charge on any atom is 0.292 e. The first kappa shape index (κ1) is 22.6. The summed E-state index contributed by atoms with van der Waals surface area (Å²) in [7, 11) is -3.91. The average Bonchev–Trinajstić information content (AvgIpc) is 3.48. The predicted octanol–water partition coefficient (Wildman–Crippen LogP) is 6.83. The van der Waals surface area contributed by atoms with Gasteiger partial charge in [-0.2, -0.15) is 12.8 Å². The van der Waals surface area contributed by atoms with Crippen LogP contribution in [0.3, 0.4) is 0 Å². The molecule has 0 fully saturated rings. The summed E-state index contributed by atoms with van der Waals surface area (Å²) in [6.45, 7) is 1.96. The van der Waals surface area contributed by atoms with Crippen LogP contribution in [0.4, 0.5) is 4.39 Å². The smallest absolute Gasteiger partial charge is 0.292 e. The molecule has 0 amide bonds. The van der Waals surface area contributed by atoms with Crippen molar-refractivity contribution in [2.45, 2.75) is 20.9 Å². The third kappa shape index (κ3) is 4.32. The van der Waals surface area contributed by atoms with E-state index in [0.717, 1.165) is 32.2 Å². The number of sulfonamides is 1. The molecule has 3 aromatic heterocycles. The molecule has 4 nitrogen and oxygen atoms in total. The van der Waals surface area contributed by atoms with Gasteiger partial charge in [-0.3, -0.25) is 0 Å². The van der Waals surface area contributed by atoms with E-state index in [1.165, 1.54) is 23.9 Å². The van der Waals surface area contributed by atoms with Gasteiger partial charge in [0.15, 0.2) is 0 Å². The van der Waals surface area contributed by atoms with E-state index in [1.54, 1.807) is 29.6 Å². The lowest BCUT2D eigenvalue weighted by atomic mass is 10.1. The van der Waals surface area contributed by atoms with E-state index < -0.39 is 10.0 Å². The number of thiophene rings is 1. The van der Waals surface area contributed by atoms with Gasteiger partial charge in [-0.25, -0.2) is 4.39 Å². The minimum Gasteiger partial charge on any atom is -0.314 e. The Hall–Kier alpha value is -3.20. The van der Waals surface area contributed by atoms with Crippen molar-refractivity contribution >= 4 is 44.4 Å². The van der Waals surface area contributed by atoms with Crippen molar-refractivity contribution < 1.29 is 12.8 Å². The normalized spacial score (nSPS) is 12.4. The molecule has 2 aromatic carbocycles. The molecule has 0 saturated carbocycles. The number of hydrogen-bond donors (Lipinski definition) is 0. The van der Waals surface area contributed by atoms with Crippen molar-refractivity contribution in [2.24, 2.45) is 4.40 Å². The van der Waals surface area contributed by atoms with Crippen LogP contribution in [-0.4, -0.2) is 18.5 Å². The van der Waals surface area contributed by atoms with Gasteiger partial charge in [-0.15, -0.1) is 11.3 Å². The van der Waals surface area contributed by atoms with Crippen LogP contribution >= 0.6 is 23.1 Å². The van der Waals surface area contributed by atoms with E-state index in [2.05, 4.69) is 4.40 Å². The van der Waals surface area contributed by atoms with Crippen LogP contribution < -0.4 is 0 Å². The van der Waals surface area contributed by atoms with E-state index in [1.807, 2.05) is 66.1 Å². The minimum atomic E-state index is -3.91. The zero-order valence-electron chi connectivity index (χ0n) is 18.1. The van der Waals surface area contributed by atoms with Crippen molar-refractivity contribution in [2.75, 3.05) is 0 Å². The van der Waals surface area contributed by atoms with Crippen molar-refractivity contribution in [1.82, 2.24) is 4.40 Å². The van der Waals surface area contributed by atoms with Gasteiger partial charge in [0.2, 0.25) is 0 Å². The molecule has 0 radical (unpaired) electrons. The molecule has 0 saturated heterocycles. The van der Waals surface area contributed by atoms with E-state index in [9.17, 15) is 12.8 Å². The highest BCUT2D eigenvalue weighted by atomic mass is 32.2. The van der Waals surface area contributed by atoms with Gasteiger partial charge in [0.25, 0.3) is 10.0 Å². The number of benzene rings is 2. The predicted molar refractivity (Wildman–Crippen MR) is 136 cm³/mol. The van der Waals surface area contributed by atoms with Gasteiger partial charge >= 0.3 is 0 Å². The molecule has 5 aromatic rings. The molecule has 0 bridgehead atoms. The molecule has 3 heterocycles. The molecule has 0 unspecified atom stereocenters. The summed E-state index contributed by atoms with van der Waals surface area (Å²) >= 11 is 2.65. The van der Waals surface area contributed by atoms with E-state index >= 15 is 0 Å². The Morgan fingerprint density at radius 3 is 2.38 bits per heavy atom. The Morgan fingerprint density at radius 2 is 1.68 bits per heavy atom. The maximum atomic E-state index is 13.4. The summed E-state index contributed by atoms with van der Waals surface area (Å²) in [4.78, 5) is 1.84. The second-order valence-electron chi connectivity index (χ2n) is 7.53. The number of hydrogen-bond acceptors (Lipinski definition) is 4. The minimum absolute atomic E-state index is 0.195. The van der Waals surface area contributed by atoms with Gasteiger partial charge in [-0.1, -0.05) is 54.2 Å². The first-order valence-corrected chi connectivity index (χ1v) is 13.5. The molecule has 0 aliphatic heterocycles. The van der Waals surface area contributed by atoms with Gasteiger partial charge in [-0.05, 0) is 60.3 Å². The Kier molecular flexibility index (Phi) is 6.12. The van der Waals surface area contributed by atoms with Crippen LogP contribution in [0.25, 0.3) is 5.52 Å². The highest BCUT2D eigenvalue weighted by molar-refractivity contribution is 7.99. The molecule has 0 atom stereocenters. The van der Waals surface area contributed by atoms with Crippen LogP contribution in [0.1, 0.15) is 16.8 Å². The molecule has 0 spiro atoms. The second-order valence-corrected chi connectivity index (χ2v) is 11.4. The third-order valence-corrected chi connectivity index (χ3v) is 9.17. The van der Waals surface area contributed by atoms with Gasteiger partial charge in [0, 0.05) is 21.6 Å². The Morgan fingerprint density at radius 1 is 0.941 bits per heavy atom. The first-order chi connectivity index (χ1) is 16.4. The average molecular weight is 507 g/mol. The summed E-state index contributed by atoms with van der Waals surface area (Å²) in [5, 5.41) is 1.72. The van der Waals surface area contributed by atoms with Gasteiger partial charge in [0.05, 0.1) is 11.2 Å². The fourth-order valence-corrected chi connectivity index (χ4v) is 6.76. The maximum absolute atomic E-state index is 13.4. The Balaban J connectivity index is 1.75. The molecular formula is C26H19FN2O2S3. The zero-order chi connectivity index (χ0) is 23.7. The van der Waals surface area contributed by atoms with Crippen molar-refractivity contribution in [3.8, 4) is 0 Å². The molecule has 0 aliphatic rings. The lowest BCUT2D eigenvalue weighted by Crippen LogP contribution is -2.11. The highest BCUT2D eigenvalue weighted by Crippen LogP contribution is 2.38. The highest BCUT2D eigenvalue weighted by Gasteiger charge is 2.24. The van der Waals surface area contributed by atoms with Crippen molar-refractivity contribution in [3.05, 3.63) is 119 Å². The zero-order valence-corrected chi connectivity index (χ0v) is 20.5. The first-order valence-electron chi connectivity index (χ1n) is 10.4. The lowest BCUT2D eigenvalue weighted by molar-refractivity contribution is 0.600. The lowest BCUT2D eigenvalue weighted by Gasteiger charge is -2.10. The summed E-state index contributed by atoms with van der Waals surface area (Å²) in [6, 6.07) is 24.7. The van der Waals surface area contributed by atoms with Gasteiger partial charge < -0.3 is 4.40 Å². The van der Waals surface area contributed by atoms with Crippen LogP contribution in [0.15, 0.2) is 115 Å². The standard InChI is InChI=1S/C26H19FN2O2S3/c1-18-25(24(19-8-3-2-4-9-19)28-34(30,31)23-11-7-17-32-23)29-16-6-5-10-22(29)26(18)33-21-14-12-20(27)13-15-21/h2-17H,1H3/b28-24-. The SMILES string of the molecule is Cc1c(Sc2ccc(F)cc2)c2ccccn2c1/C(=N\S(=O)(=O)c1cccs1)c1ccccc1. The molecular weight excluding hydrogens is 487 g/mol. The fraction of sp³-hybridized carbons (Fsp3) is 0.0385. The summed E-state index contributed by atoms with van der Waals surface area (Å²) < 4.78 is 46.4. The molecule has 170 valence electrons. The molecule has 0 N–H and O–H groups in total. The third-order valence-electron chi connectivity index (χ3n) is 5.30. The number of rotatable bonds is 6. The largest absolute Gasteiger partial charge is 0.314 e. The summed E-state index contributed by atoms with van der Waals surface area (Å²) in [5.41, 5.74) is 3.59. The fourth-order valence-electron chi connectivity index (χ4n) is 3.75. The topological polar surface area (TPSA) is 50.9 Å². The van der Waals surface area contributed by atoms with Crippen LogP contribution in [0.2, 0.25) is 0 Å². The molecule has 5 rings (SSSR count). The summed E-state index contributed by atoms with van der Waals surface area (Å²) in [5.74, 6) is -0.291. The van der Waals surface area contributed by atoms with Crippen LogP contribution in [-0.2, 0) is 10.0 Å². The number of pyridine rings is 1. The quantitative estimate of drug-likeness (QED) is 0.237. The Bertz CT molecular complexity index is 1590. The van der Waals surface area contributed by atoms with E-state index in [0.29, 0.717) is 17.0 Å². The number of aromatic nitrogens is 1. The van der Waals surface area contributed by atoms with E-state index in [-0.39, 0.29) is 10.0 Å². The second kappa shape index (κ2) is 9.21. The summed E-state index contributed by atoms with van der Waals surface area (Å²) in [6.07, 6.45) is 1.91. The van der Waals surface area contributed by atoms with E-state index in [4.69, 9.17) is 0 Å². The van der Waals surface area contributed by atoms with Crippen LogP contribution in [0.5, 0.6) is 0 Å². The Labute approximate surface area is 205 Å². The number of fused-ring (bicyclic) bond motifs is 1. The number of halogens is 1. The monoisotopic (exact) mass is 506 g/mol. The number of nitrogens with zero attached hydrogens (tertiary/aromatic N) is 2. The molecule has 8 heteroatoms. The van der Waals surface area contributed by atoms with Crippen molar-refractivity contribution in [3.63, 3.8) is 0 Å². The van der Waals surface area contributed by atoms with Crippen LogP contribution in [0, 0.1) is 12.7 Å². The molecule has 0 aliphatic carbocycles. The van der Waals surface area contributed by atoms with Gasteiger partial charge in [0.1, 0.15) is 15.7 Å².